The fraction of sp³-hybridized carbons (Fsp3) is 0.174. The Balaban J connectivity index is 1.54. The zero-order valence-electron chi connectivity index (χ0n) is 20.8. The number of thiazole rings is 1. The monoisotopic (exact) mass is 643 g/mol. The number of nitrogens with one attached hydrogen (secondary N) is 1. The Labute approximate surface area is 238 Å². The molecule has 5 aromatic rings. The number of aromatic nitrogens is 5. The number of halogens is 4. The summed E-state index contributed by atoms with van der Waals surface area (Å²) in [5.74, 6) is -2.18. The minimum Gasteiger partial charge on any atom is -0.422 e. The van der Waals surface area contributed by atoms with Crippen molar-refractivity contribution < 1.29 is 38.8 Å². The van der Waals surface area contributed by atoms with Crippen molar-refractivity contribution >= 4 is 41.6 Å². The third-order valence-electron chi connectivity index (χ3n) is 5.66. The average molecular weight is 644 g/mol. The molecule has 12 nitrogen and oxygen atoms in total. The number of nitrogens with two attached hydrogens (primary N) is 1. The topological polar surface area (TPSA) is 184 Å². The van der Waals surface area contributed by atoms with Gasteiger partial charge in [-0.05, 0) is 41.5 Å². The van der Waals surface area contributed by atoms with Gasteiger partial charge in [0.15, 0.2) is 15.1 Å². The van der Waals surface area contributed by atoms with E-state index in [9.17, 15) is 34.4 Å². The number of pyridine rings is 2. The molecule has 0 spiro atoms. The summed E-state index contributed by atoms with van der Waals surface area (Å²) in [7, 11) is -8.49. The Kier molecular flexibility index (Phi) is 7.79. The van der Waals surface area contributed by atoms with Crippen molar-refractivity contribution in [3.05, 3.63) is 88.9 Å². The van der Waals surface area contributed by atoms with Gasteiger partial charge in [-0.15, -0.1) is 21.5 Å². The van der Waals surface area contributed by atoms with Crippen LogP contribution in [-0.4, -0.2) is 42.0 Å². The lowest BCUT2D eigenvalue weighted by Gasteiger charge is -2.12. The zero-order valence-corrected chi connectivity index (χ0v) is 23.2. The molecule has 0 bridgehead atoms. The molecule has 1 aromatic carbocycles. The molecule has 4 heterocycles. The van der Waals surface area contributed by atoms with Gasteiger partial charge in [0.05, 0.1) is 22.5 Å². The van der Waals surface area contributed by atoms with Crippen molar-refractivity contribution in [2.45, 2.75) is 23.7 Å². The van der Waals surface area contributed by atoms with Gasteiger partial charge in [-0.2, -0.15) is 30.7 Å². The van der Waals surface area contributed by atoms with Crippen LogP contribution in [0.1, 0.15) is 33.3 Å². The largest absolute Gasteiger partial charge is 0.433 e. The summed E-state index contributed by atoms with van der Waals surface area (Å²) >= 11 is 0.974. The van der Waals surface area contributed by atoms with Gasteiger partial charge >= 0.3 is 6.18 Å². The Morgan fingerprint density at radius 3 is 2.38 bits per heavy atom. The minimum atomic E-state index is -4.71. The number of hydrogen-bond acceptors (Lipinski definition) is 11. The Morgan fingerprint density at radius 1 is 0.976 bits per heavy atom. The Bertz CT molecular complexity index is 1960. The van der Waals surface area contributed by atoms with Gasteiger partial charge in [0.2, 0.25) is 17.7 Å². The van der Waals surface area contributed by atoms with Crippen LogP contribution in [0.25, 0.3) is 21.3 Å². The smallest absolute Gasteiger partial charge is 0.422 e. The number of hydrogen-bond donors (Lipinski definition) is 2. The summed E-state index contributed by atoms with van der Waals surface area (Å²) in [6.45, 7) is -0.531. The molecule has 19 heteroatoms. The second kappa shape index (κ2) is 11.1. The van der Waals surface area contributed by atoms with Gasteiger partial charge in [-0.1, -0.05) is 12.1 Å². The van der Waals surface area contributed by atoms with E-state index in [1.807, 2.05) is 4.72 Å². The molecule has 220 valence electrons. The van der Waals surface area contributed by atoms with Crippen molar-refractivity contribution in [1.29, 1.82) is 0 Å². The number of alkyl halides is 3. The van der Waals surface area contributed by atoms with Crippen molar-refractivity contribution in [1.82, 2.24) is 29.9 Å². The molecule has 1 atom stereocenters. The number of nitrogens with zero attached hydrogens (tertiary/aromatic N) is 5. The Morgan fingerprint density at radius 2 is 1.74 bits per heavy atom. The molecule has 3 N–H and O–H groups in total. The second-order valence-electron chi connectivity index (χ2n) is 8.74. The van der Waals surface area contributed by atoms with Crippen LogP contribution in [0.4, 0.5) is 17.6 Å². The van der Waals surface area contributed by atoms with Crippen LogP contribution in [0.2, 0.25) is 0 Å². The lowest BCUT2D eigenvalue weighted by Crippen LogP contribution is -2.30. The third kappa shape index (κ3) is 6.76. The highest BCUT2D eigenvalue weighted by Crippen LogP contribution is 2.38. The summed E-state index contributed by atoms with van der Waals surface area (Å²) in [6.07, 6.45) is -2.58. The van der Waals surface area contributed by atoms with E-state index < -0.39 is 61.3 Å². The molecule has 0 fully saturated rings. The normalized spacial score (nSPS) is 13.5. The van der Waals surface area contributed by atoms with E-state index in [0.717, 1.165) is 23.6 Å². The lowest BCUT2D eigenvalue weighted by atomic mass is 10.1. The van der Waals surface area contributed by atoms with Gasteiger partial charge in [0, 0.05) is 18.0 Å². The summed E-state index contributed by atoms with van der Waals surface area (Å²) < 4.78 is 110. The van der Waals surface area contributed by atoms with E-state index in [4.69, 9.17) is 9.56 Å². The van der Waals surface area contributed by atoms with Crippen molar-refractivity contribution in [3.8, 4) is 11.1 Å². The SMILES string of the molecule is NS(=O)(=O)NCc1nnc(C(c2nc3ccc(-c4ccc(F)nc4)cc3s2)S(=O)(=O)Cc2ccc(C(F)(F)F)nc2)o1. The molecule has 42 heavy (non-hydrogen) atoms. The fourth-order valence-electron chi connectivity index (χ4n) is 3.79. The first-order chi connectivity index (χ1) is 19.7. The molecule has 5 rings (SSSR count). The molecule has 0 aliphatic rings. The molecule has 0 saturated heterocycles. The highest BCUT2D eigenvalue weighted by atomic mass is 32.2. The van der Waals surface area contributed by atoms with E-state index in [0.29, 0.717) is 27.4 Å². The number of fused-ring (bicyclic) bond motifs is 1. The maximum absolute atomic E-state index is 13.7. The number of benzene rings is 1. The number of sulfone groups is 1. The van der Waals surface area contributed by atoms with Crippen molar-refractivity contribution in [2.24, 2.45) is 5.14 Å². The second-order valence-corrected chi connectivity index (χ2v) is 13.3. The molecule has 0 radical (unpaired) electrons. The van der Waals surface area contributed by atoms with Gasteiger partial charge in [-0.3, -0.25) is 4.98 Å². The molecule has 4 aromatic heterocycles. The summed E-state index contributed by atoms with van der Waals surface area (Å²) in [6, 6.07) is 9.35. The highest BCUT2D eigenvalue weighted by molar-refractivity contribution is 7.91. The van der Waals surface area contributed by atoms with Crippen LogP contribution < -0.4 is 9.86 Å². The standard InChI is InChI=1S/C23H17F4N7O5S3/c24-18-6-3-14(9-30-18)13-2-4-15-16(7-13)40-22(32-15)20(21-34-33-19(39-21)10-31-42(28,37)38)41(35,36)11-12-1-5-17(29-8-12)23(25,26)27/h1-9,20,31H,10-11H2,(H2,28,37,38). The average Bonchev–Trinajstić information content (AvgIpc) is 3.53. The molecule has 0 aliphatic heterocycles. The summed E-state index contributed by atoms with van der Waals surface area (Å²) in [4.78, 5) is 11.4. The predicted molar refractivity (Wildman–Crippen MR) is 141 cm³/mol. The summed E-state index contributed by atoms with van der Waals surface area (Å²) in [5.41, 5.74) is 0.407. The van der Waals surface area contributed by atoms with Crippen LogP contribution in [0.15, 0.2) is 59.3 Å². The van der Waals surface area contributed by atoms with E-state index in [1.54, 1.807) is 18.2 Å². The molecule has 0 aliphatic carbocycles. The van der Waals surface area contributed by atoms with Gasteiger partial charge in [-0.25, -0.2) is 23.5 Å². The zero-order chi connectivity index (χ0) is 30.3. The number of rotatable bonds is 9. The van der Waals surface area contributed by atoms with Crippen LogP contribution in [-0.2, 0) is 38.5 Å². The quantitative estimate of drug-likeness (QED) is 0.178. The third-order valence-corrected chi connectivity index (χ3v) is 9.32. The first-order valence-corrected chi connectivity index (χ1v) is 15.6. The van der Waals surface area contributed by atoms with E-state index in [1.165, 1.54) is 18.3 Å². The fourth-order valence-corrected chi connectivity index (χ4v) is 7.25. The van der Waals surface area contributed by atoms with Gasteiger partial charge in [0.25, 0.3) is 10.2 Å². The molecule has 0 amide bonds. The maximum atomic E-state index is 13.7. The van der Waals surface area contributed by atoms with E-state index in [2.05, 4.69) is 25.1 Å². The highest BCUT2D eigenvalue weighted by Gasteiger charge is 2.38. The van der Waals surface area contributed by atoms with Gasteiger partial charge < -0.3 is 4.42 Å². The molecule has 0 saturated carbocycles. The van der Waals surface area contributed by atoms with Crippen LogP contribution in [0, 0.1) is 5.95 Å². The Hall–Kier alpha value is -3.91. The van der Waals surface area contributed by atoms with E-state index in [-0.39, 0.29) is 16.5 Å². The predicted octanol–water partition coefficient (Wildman–Crippen LogP) is 3.29. The van der Waals surface area contributed by atoms with Crippen LogP contribution in [0.5, 0.6) is 0 Å². The molecular formula is C23H17F4N7O5S3. The molecular weight excluding hydrogens is 626 g/mol. The van der Waals surface area contributed by atoms with Crippen LogP contribution >= 0.6 is 11.3 Å². The van der Waals surface area contributed by atoms with Crippen molar-refractivity contribution in [2.75, 3.05) is 0 Å². The first kappa shape index (κ1) is 29.6. The summed E-state index contributed by atoms with van der Waals surface area (Å²) in [5, 5.41) is 10.7. The lowest BCUT2D eigenvalue weighted by molar-refractivity contribution is -0.141. The first-order valence-electron chi connectivity index (χ1n) is 11.5. The van der Waals surface area contributed by atoms with Crippen LogP contribution in [0.3, 0.4) is 0 Å². The van der Waals surface area contributed by atoms with E-state index >= 15 is 0 Å². The maximum Gasteiger partial charge on any atom is 0.433 e. The van der Waals surface area contributed by atoms with Gasteiger partial charge in [0.1, 0.15) is 10.7 Å². The van der Waals surface area contributed by atoms with Crippen molar-refractivity contribution in [3.63, 3.8) is 0 Å². The molecule has 1 unspecified atom stereocenters. The minimum absolute atomic E-state index is 0.00569.